The first-order chi connectivity index (χ1) is 12.7. The van der Waals surface area contributed by atoms with Crippen molar-refractivity contribution in [3.63, 3.8) is 0 Å². The molecule has 1 aromatic heterocycles. The Morgan fingerprint density at radius 3 is 2.48 bits per heavy atom. The molecule has 2 aromatic rings. The van der Waals surface area contributed by atoms with Gasteiger partial charge in [-0.3, -0.25) is 0 Å². The van der Waals surface area contributed by atoms with Gasteiger partial charge in [-0.25, -0.2) is 9.98 Å². The third-order valence-corrected chi connectivity index (χ3v) is 4.21. The Balaban J connectivity index is 0.00000364. The predicted molar refractivity (Wildman–Crippen MR) is 125 cm³/mol. The molecule has 2 rings (SSSR count). The zero-order valence-corrected chi connectivity index (χ0v) is 19.1. The summed E-state index contributed by atoms with van der Waals surface area (Å²) in [5, 5.41) is 6.76. The minimum atomic E-state index is 0. The minimum absolute atomic E-state index is 0. The first kappa shape index (κ1) is 23.5. The topological polar surface area (TPSA) is 54.2 Å². The van der Waals surface area contributed by atoms with Crippen LogP contribution in [0, 0.1) is 5.92 Å². The summed E-state index contributed by atoms with van der Waals surface area (Å²) >= 11 is 0. The molecule has 5 nitrogen and oxygen atoms in total. The molecule has 0 saturated carbocycles. The lowest BCUT2D eigenvalue weighted by molar-refractivity contribution is 0.534. The van der Waals surface area contributed by atoms with Gasteiger partial charge in [0.2, 0.25) is 0 Å². The standard InChI is InChI=1S/C21H33N5.HI/c1-4-23-21(24-12-6-5-7-18(2)3)25-15-19-8-10-20(11-9-19)16-26-14-13-22-17-26;/h8-11,13-14,17-18H,4-7,12,15-16H2,1-3H3,(H2,23,24,25);1H. The largest absolute Gasteiger partial charge is 0.357 e. The molecule has 0 saturated heterocycles. The number of aliphatic imine (C=N–C) groups is 1. The summed E-state index contributed by atoms with van der Waals surface area (Å²) < 4.78 is 2.07. The highest BCUT2D eigenvalue weighted by molar-refractivity contribution is 14.0. The van der Waals surface area contributed by atoms with Crippen LogP contribution in [0.4, 0.5) is 0 Å². The lowest BCUT2D eigenvalue weighted by atomic mass is 10.1. The molecular weight excluding hydrogens is 449 g/mol. The van der Waals surface area contributed by atoms with Crippen LogP contribution in [-0.4, -0.2) is 28.6 Å². The van der Waals surface area contributed by atoms with Crippen molar-refractivity contribution >= 4 is 29.9 Å². The highest BCUT2D eigenvalue weighted by atomic mass is 127. The average Bonchev–Trinajstić information content (AvgIpc) is 3.13. The van der Waals surface area contributed by atoms with Crippen molar-refractivity contribution in [2.45, 2.75) is 53.1 Å². The first-order valence-corrected chi connectivity index (χ1v) is 9.73. The quantitative estimate of drug-likeness (QED) is 0.228. The van der Waals surface area contributed by atoms with Crippen LogP contribution in [0.25, 0.3) is 0 Å². The summed E-state index contributed by atoms with van der Waals surface area (Å²) in [6, 6.07) is 8.64. The van der Waals surface area contributed by atoms with Crippen molar-refractivity contribution < 1.29 is 0 Å². The van der Waals surface area contributed by atoms with Crippen molar-refractivity contribution in [2.24, 2.45) is 10.9 Å². The number of hydrogen-bond acceptors (Lipinski definition) is 2. The Kier molecular flexibility index (Phi) is 11.8. The van der Waals surface area contributed by atoms with Crippen LogP contribution in [-0.2, 0) is 13.1 Å². The molecular formula is C21H34IN5. The molecule has 1 heterocycles. The van der Waals surface area contributed by atoms with Gasteiger partial charge in [-0.05, 0) is 30.4 Å². The van der Waals surface area contributed by atoms with E-state index in [1.807, 2.05) is 12.5 Å². The molecule has 0 atom stereocenters. The number of benzene rings is 1. The maximum Gasteiger partial charge on any atom is 0.191 e. The molecule has 0 aliphatic rings. The third kappa shape index (κ3) is 9.79. The maximum absolute atomic E-state index is 4.70. The Bertz CT molecular complexity index is 635. The molecule has 0 bridgehead atoms. The number of hydrogen-bond donors (Lipinski definition) is 2. The van der Waals surface area contributed by atoms with Crippen molar-refractivity contribution in [1.29, 1.82) is 0 Å². The molecule has 0 aliphatic heterocycles. The fourth-order valence-corrected chi connectivity index (χ4v) is 2.74. The van der Waals surface area contributed by atoms with Gasteiger partial charge in [0.05, 0.1) is 12.9 Å². The van der Waals surface area contributed by atoms with E-state index in [2.05, 4.69) is 65.2 Å². The normalized spacial score (nSPS) is 11.3. The highest BCUT2D eigenvalue weighted by Gasteiger charge is 2.00. The SMILES string of the molecule is CCNC(=NCc1ccc(Cn2ccnc2)cc1)NCCCCC(C)C.I. The number of nitrogens with zero attached hydrogens (tertiary/aromatic N) is 3. The zero-order chi connectivity index (χ0) is 18.6. The van der Waals surface area contributed by atoms with Crippen LogP contribution in [0.2, 0.25) is 0 Å². The van der Waals surface area contributed by atoms with Gasteiger partial charge in [0.25, 0.3) is 0 Å². The summed E-state index contributed by atoms with van der Waals surface area (Å²) in [6.45, 7) is 10.0. The van der Waals surface area contributed by atoms with Gasteiger partial charge < -0.3 is 15.2 Å². The van der Waals surface area contributed by atoms with Crippen LogP contribution in [0.3, 0.4) is 0 Å². The summed E-state index contributed by atoms with van der Waals surface area (Å²) in [7, 11) is 0. The lowest BCUT2D eigenvalue weighted by Gasteiger charge is -2.12. The molecule has 0 amide bonds. The Morgan fingerprint density at radius 2 is 1.85 bits per heavy atom. The predicted octanol–water partition coefficient (Wildman–Crippen LogP) is 4.43. The van der Waals surface area contributed by atoms with Gasteiger partial charge in [-0.15, -0.1) is 24.0 Å². The summed E-state index contributed by atoms with van der Waals surface area (Å²) in [5.74, 6) is 1.69. The van der Waals surface area contributed by atoms with E-state index in [1.54, 1.807) is 6.20 Å². The molecule has 0 aliphatic carbocycles. The number of rotatable bonds is 10. The highest BCUT2D eigenvalue weighted by Crippen LogP contribution is 2.08. The van der Waals surface area contributed by atoms with Gasteiger partial charge in [-0.1, -0.05) is 51.0 Å². The molecule has 150 valence electrons. The molecule has 27 heavy (non-hydrogen) atoms. The number of guanidine groups is 1. The number of nitrogens with one attached hydrogen (secondary N) is 2. The van der Waals surface area contributed by atoms with E-state index in [0.29, 0.717) is 6.54 Å². The van der Waals surface area contributed by atoms with Crippen molar-refractivity contribution in [1.82, 2.24) is 20.2 Å². The van der Waals surface area contributed by atoms with Crippen LogP contribution in [0.5, 0.6) is 0 Å². The monoisotopic (exact) mass is 483 g/mol. The molecule has 0 fully saturated rings. The molecule has 1 aromatic carbocycles. The first-order valence-electron chi connectivity index (χ1n) is 9.73. The average molecular weight is 483 g/mol. The molecule has 0 spiro atoms. The van der Waals surface area contributed by atoms with Gasteiger partial charge in [0.1, 0.15) is 0 Å². The van der Waals surface area contributed by atoms with Crippen LogP contribution in [0.1, 0.15) is 51.2 Å². The van der Waals surface area contributed by atoms with E-state index in [9.17, 15) is 0 Å². The number of imidazole rings is 1. The second-order valence-electron chi connectivity index (χ2n) is 7.06. The van der Waals surface area contributed by atoms with Gasteiger partial charge in [-0.2, -0.15) is 0 Å². The zero-order valence-electron chi connectivity index (χ0n) is 16.8. The van der Waals surface area contributed by atoms with E-state index in [-0.39, 0.29) is 24.0 Å². The summed E-state index contributed by atoms with van der Waals surface area (Å²) in [6.07, 6.45) is 9.37. The van der Waals surface area contributed by atoms with Crippen LogP contribution in [0.15, 0.2) is 48.0 Å². The van der Waals surface area contributed by atoms with Gasteiger partial charge >= 0.3 is 0 Å². The summed E-state index contributed by atoms with van der Waals surface area (Å²) in [5.41, 5.74) is 2.49. The van der Waals surface area contributed by atoms with E-state index in [4.69, 9.17) is 4.99 Å². The number of unbranched alkanes of at least 4 members (excludes halogenated alkanes) is 1. The lowest BCUT2D eigenvalue weighted by Crippen LogP contribution is -2.37. The fourth-order valence-electron chi connectivity index (χ4n) is 2.74. The Labute approximate surface area is 181 Å². The van der Waals surface area contributed by atoms with E-state index < -0.39 is 0 Å². The van der Waals surface area contributed by atoms with Crippen LogP contribution >= 0.6 is 24.0 Å². The number of aromatic nitrogens is 2. The smallest absolute Gasteiger partial charge is 0.191 e. The maximum atomic E-state index is 4.70. The van der Waals surface area contributed by atoms with E-state index >= 15 is 0 Å². The Morgan fingerprint density at radius 1 is 1.11 bits per heavy atom. The van der Waals surface area contributed by atoms with E-state index in [0.717, 1.165) is 31.5 Å². The van der Waals surface area contributed by atoms with Gasteiger partial charge in [0, 0.05) is 32.0 Å². The number of halogens is 1. The van der Waals surface area contributed by atoms with Crippen molar-refractivity contribution in [3.8, 4) is 0 Å². The van der Waals surface area contributed by atoms with Crippen LogP contribution < -0.4 is 10.6 Å². The summed E-state index contributed by atoms with van der Waals surface area (Å²) in [4.78, 5) is 8.78. The molecule has 0 radical (unpaired) electrons. The molecule has 2 N–H and O–H groups in total. The molecule has 6 heteroatoms. The van der Waals surface area contributed by atoms with Crippen molar-refractivity contribution in [2.75, 3.05) is 13.1 Å². The second kappa shape index (κ2) is 13.6. The second-order valence-corrected chi connectivity index (χ2v) is 7.06. The molecule has 0 unspecified atom stereocenters. The van der Waals surface area contributed by atoms with Crippen molar-refractivity contribution in [3.05, 3.63) is 54.1 Å². The Hall–Kier alpha value is -1.57. The fraction of sp³-hybridized carbons (Fsp3) is 0.524. The minimum Gasteiger partial charge on any atom is -0.357 e. The van der Waals surface area contributed by atoms with E-state index in [1.165, 1.54) is 30.4 Å². The van der Waals surface area contributed by atoms with Gasteiger partial charge in [0.15, 0.2) is 5.96 Å². The third-order valence-electron chi connectivity index (χ3n) is 4.21.